The molecular formula is C21H25F3N2O. The van der Waals surface area contributed by atoms with Crippen LogP contribution < -0.4 is 10.1 Å². The van der Waals surface area contributed by atoms with Crippen molar-refractivity contribution in [1.82, 2.24) is 10.2 Å². The second-order valence-electron chi connectivity index (χ2n) is 6.99. The van der Waals surface area contributed by atoms with Crippen molar-refractivity contribution in [2.24, 2.45) is 0 Å². The molecule has 146 valence electrons. The molecule has 0 radical (unpaired) electrons. The van der Waals surface area contributed by atoms with E-state index in [-0.39, 0.29) is 5.56 Å². The molecule has 0 aromatic heterocycles. The summed E-state index contributed by atoms with van der Waals surface area (Å²) in [7, 11) is 0. The zero-order valence-corrected chi connectivity index (χ0v) is 15.6. The van der Waals surface area contributed by atoms with Crippen LogP contribution in [0.2, 0.25) is 0 Å². The molecule has 3 rings (SSSR count). The first kappa shape index (κ1) is 19.7. The lowest BCUT2D eigenvalue weighted by molar-refractivity contribution is -0.187. The molecule has 0 aliphatic carbocycles. The minimum atomic E-state index is -4.32. The number of piperazine rings is 1. The van der Waals surface area contributed by atoms with Crippen LogP contribution in [0.15, 0.2) is 42.5 Å². The molecule has 1 heterocycles. The van der Waals surface area contributed by atoms with Gasteiger partial charge in [0.15, 0.2) is 0 Å². The second kappa shape index (κ2) is 8.31. The van der Waals surface area contributed by atoms with Gasteiger partial charge in [-0.05, 0) is 36.1 Å². The highest BCUT2D eigenvalue weighted by Gasteiger charge is 2.45. The summed E-state index contributed by atoms with van der Waals surface area (Å²) in [6.45, 7) is 5.92. The zero-order valence-electron chi connectivity index (χ0n) is 15.6. The van der Waals surface area contributed by atoms with Crippen molar-refractivity contribution in [1.29, 1.82) is 0 Å². The lowest BCUT2D eigenvalue weighted by atomic mass is 9.98. The van der Waals surface area contributed by atoms with E-state index in [0.717, 1.165) is 16.7 Å². The third-order valence-corrected chi connectivity index (χ3v) is 4.85. The molecule has 0 amide bonds. The minimum Gasteiger partial charge on any atom is -0.488 e. The maximum atomic E-state index is 13.8. The maximum absolute atomic E-state index is 13.8. The number of hydrogen-bond acceptors (Lipinski definition) is 3. The zero-order chi connectivity index (χ0) is 19.4. The van der Waals surface area contributed by atoms with Gasteiger partial charge in [0.25, 0.3) is 0 Å². The number of nitrogens with one attached hydrogen (secondary N) is 1. The predicted octanol–water partition coefficient (Wildman–Crippen LogP) is 4.39. The summed E-state index contributed by atoms with van der Waals surface area (Å²) in [5.41, 5.74) is 2.76. The van der Waals surface area contributed by atoms with E-state index < -0.39 is 12.2 Å². The molecule has 1 N–H and O–H groups in total. The Morgan fingerprint density at radius 2 is 1.63 bits per heavy atom. The Kier molecular flexibility index (Phi) is 6.07. The topological polar surface area (TPSA) is 24.5 Å². The summed E-state index contributed by atoms with van der Waals surface area (Å²) in [4.78, 5) is 1.51. The quantitative estimate of drug-likeness (QED) is 0.835. The van der Waals surface area contributed by atoms with Crippen LogP contribution in [0.1, 0.15) is 28.3 Å². The molecule has 6 heteroatoms. The predicted molar refractivity (Wildman–Crippen MR) is 99.9 cm³/mol. The van der Waals surface area contributed by atoms with E-state index in [1.54, 1.807) is 12.1 Å². The third-order valence-electron chi connectivity index (χ3n) is 4.85. The van der Waals surface area contributed by atoms with Crippen LogP contribution in [-0.2, 0) is 6.61 Å². The number of rotatable bonds is 5. The smallest absolute Gasteiger partial charge is 0.408 e. The Morgan fingerprint density at radius 1 is 1.04 bits per heavy atom. The van der Waals surface area contributed by atoms with Gasteiger partial charge in [-0.15, -0.1) is 0 Å². The number of alkyl halides is 3. The van der Waals surface area contributed by atoms with E-state index in [0.29, 0.717) is 38.5 Å². The third kappa shape index (κ3) is 4.82. The van der Waals surface area contributed by atoms with Gasteiger partial charge in [-0.1, -0.05) is 42.5 Å². The van der Waals surface area contributed by atoms with E-state index in [1.165, 1.54) is 4.90 Å². The van der Waals surface area contributed by atoms with Gasteiger partial charge in [-0.2, -0.15) is 13.2 Å². The average molecular weight is 378 g/mol. The fourth-order valence-electron chi connectivity index (χ4n) is 3.65. The van der Waals surface area contributed by atoms with E-state index >= 15 is 0 Å². The number of hydrogen-bond donors (Lipinski definition) is 1. The van der Waals surface area contributed by atoms with Crippen LogP contribution in [0.3, 0.4) is 0 Å². The molecule has 1 aliphatic heterocycles. The van der Waals surface area contributed by atoms with Crippen LogP contribution in [0.25, 0.3) is 0 Å². The van der Waals surface area contributed by atoms with Gasteiger partial charge in [-0.25, -0.2) is 0 Å². The number of ether oxygens (including phenoxy) is 1. The molecule has 2 aromatic carbocycles. The molecule has 1 aliphatic rings. The molecule has 0 unspecified atom stereocenters. The molecule has 0 spiro atoms. The molecule has 0 bridgehead atoms. The Balaban J connectivity index is 1.85. The van der Waals surface area contributed by atoms with Crippen LogP contribution >= 0.6 is 0 Å². The summed E-state index contributed by atoms with van der Waals surface area (Å²) >= 11 is 0. The van der Waals surface area contributed by atoms with Crippen LogP contribution in [-0.4, -0.2) is 37.3 Å². The van der Waals surface area contributed by atoms with Crippen molar-refractivity contribution in [3.8, 4) is 5.75 Å². The molecule has 1 atom stereocenters. The van der Waals surface area contributed by atoms with Gasteiger partial charge in [0.05, 0.1) is 0 Å². The van der Waals surface area contributed by atoms with Crippen molar-refractivity contribution in [2.45, 2.75) is 32.7 Å². The van der Waals surface area contributed by atoms with Gasteiger partial charge in [0.2, 0.25) is 0 Å². The monoisotopic (exact) mass is 378 g/mol. The molecule has 1 saturated heterocycles. The lowest BCUT2D eigenvalue weighted by Crippen LogP contribution is -2.49. The summed E-state index contributed by atoms with van der Waals surface area (Å²) in [5, 5.41) is 3.11. The van der Waals surface area contributed by atoms with Gasteiger partial charge in [0.1, 0.15) is 18.4 Å². The largest absolute Gasteiger partial charge is 0.488 e. The lowest BCUT2D eigenvalue weighted by Gasteiger charge is -2.36. The van der Waals surface area contributed by atoms with Crippen LogP contribution in [0.5, 0.6) is 5.75 Å². The van der Waals surface area contributed by atoms with E-state index in [1.807, 2.05) is 44.2 Å². The van der Waals surface area contributed by atoms with Crippen molar-refractivity contribution in [3.05, 3.63) is 64.7 Å². The van der Waals surface area contributed by atoms with Gasteiger partial charge in [-0.3, -0.25) is 4.90 Å². The molecule has 3 nitrogen and oxygen atoms in total. The average Bonchev–Trinajstić information content (AvgIpc) is 2.62. The van der Waals surface area contributed by atoms with Gasteiger partial charge >= 0.3 is 6.18 Å². The standard InChI is InChI=1S/C21H25F3N2O/c1-15-12-18(20(21(22,23)24)26-10-8-25-9-11-26)13-16(2)19(15)27-14-17-6-4-3-5-7-17/h3-7,12-13,20,25H,8-11,14H2,1-2H3/t20-/m0/s1. The SMILES string of the molecule is Cc1cc([C@H](N2CCNCC2)C(F)(F)F)cc(C)c1OCc1ccccc1. The Labute approximate surface area is 158 Å². The second-order valence-corrected chi connectivity index (χ2v) is 6.99. The highest BCUT2D eigenvalue weighted by molar-refractivity contribution is 5.44. The highest BCUT2D eigenvalue weighted by atomic mass is 19.4. The van der Waals surface area contributed by atoms with E-state index in [2.05, 4.69) is 5.32 Å². The number of benzene rings is 2. The molecule has 27 heavy (non-hydrogen) atoms. The minimum absolute atomic E-state index is 0.284. The normalized spacial score (nSPS) is 16.9. The van der Waals surface area contributed by atoms with Gasteiger partial charge < -0.3 is 10.1 Å². The van der Waals surface area contributed by atoms with Crippen LogP contribution in [0, 0.1) is 13.8 Å². The molecule has 0 saturated carbocycles. The summed E-state index contributed by atoms with van der Waals surface area (Å²) in [5.74, 6) is 0.656. The van der Waals surface area contributed by atoms with Crippen molar-refractivity contribution >= 4 is 0 Å². The van der Waals surface area contributed by atoms with Crippen LogP contribution in [0.4, 0.5) is 13.2 Å². The number of halogens is 3. The van der Waals surface area contributed by atoms with Crippen molar-refractivity contribution < 1.29 is 17.9 Å². The summed E-state index contributed by atoms with van der Waals surface area (Å²) in [6, 6.07) is 11.4. The molecule has 1 fully saturated rings. The van der Waals surface area contributed by atoms with Crippen molar-refractivity contribution in [2.75, 3.05) is 26.2 Å². The van der Waals surface area contributed by atoms with Crippen molar-refractivity contribution in [3.63, 3.8) is 0 Å². The fourth-order valence-corrected chi connectivity index (χ4v) is 3.65. The van der Waals surface area contributed by atoms with E-state index in [4.69, 9.17) is 4.74 Å². The number of aryl methyl sites for hydroxylation is 2. The van der Waals surface area contributed by atoms with E-state index in [9.17, 15) is 13.2 Å². The maximum Gasteiger partial charge on any atom is 0.408 e. The Morgan fingerprint density at radius 3 is 2.19 bits per heavy atom. The fraction of sp³-hybridized carbons (Fsp3) is 0.429. The highest BCUT2D eigenvalue weighted by Crippen LogP contribution is 2.40. The first-order chi connectivity index (χ1) is 12.9. The first-order valence-corrected chi connectivity index (χ1v) is 9.15. The summed E-state index contributed by atoms with van der Waals surface area (Å²) in [6.07, 6.45) is -4.32. The Hall–Kier alpha value is -2.05. The Bertz CT molecular complexity index is 733. The van der Waals surface area contributed by atoms with Gasteiger partial charge in [0, 0.05) is 26.2 Å². The molecule has 2 aromatic rings. The molecular weight excluding hydrogens is 353 g/mol. The summed E-state index contributed by atoms with van der Waals surface area (Å²) < 4.78 is 47.4. The number of nitrogens with zero attached hydrogens (tertiary/aromatic N) is 1. The first-order valence-electron chi connectivity index (χ1n) is 9.15.